The van der Waals surface area contributed by atoms with Crippen molar-refractivity contribution in [1.29, 1.82) is 0 Å². The lowest BCUT2D eigenvalue weighted by Crippen LogP contribution is -2.48. The second kappa shape index (κ2) is 5.02. The van der Waals surface area contributed by atoms with Crippen molar-refractivity contribution in [2.24, 2.45) is 0 Å². The van der Waals surface area contributed by atoms with Crippen LogP contribution in [-0.4, -0.2) is 37.0 Å². The van der Waals surface area contributed by atoms with Gasteiger partial charge in [-0.1, -0.05) is 12.5 Å². The molecule has 0 aliphatic carbocycles. The Morgan fingerprint density at radius 2 is 2.46 bits per heavy atom. The molecular formula is C10H18N2O. The number of piperidine rings is 1. The number of carbonyl (C=O) groups is 1. The summed E-state index contributed by atoms with van der Waals surface area (Å²) in [4.78, 5) is 13.7. The highest BCUT2D eigenvalue weighted by Gasteiger charge is 2.26. The molecule has 3 heteroatoms. The molecule has 1 atom stereocenters. The van der Waals surface area contributed by atoms with Crippen molar-refractivity contribution in [3.8, 4) is 0 Å². The molecule has 1 heterocycles. The summed E-state index contributed by atoms with van der Waals surface area (Å²) in [6.45, 7) is 5.54. The van der Waals surface area contributed by atoms with Gasteiger partial charge in [0.2, 0.25) is 5.91 Å². The molecule has 1 aliphatic heterocycles. The predicted molar refractivity (Wildman–Crippen MR) is 53.5 cm³/mol. The van der Waals surface area contributed by atoms with Crippen molar-refractivity contribution >= 4 is 5.91 Å². The number of rotatable bonds is 3. The SMILES string of the molecule is C=CCN1CCCCC1C(=O)NC. The molecule has 1 saturated heterocycles. The summed E-state index contributed by atoms with van der Waals surface area (Å²) in [6, 6.07) is 0.0664. The first kappa shape index (κ1) is 10.3. The van der Waals surface area contributed by atoms with E-state index in [4.69, 9.17) is 0 Å². The van der Waals surface area contributed by atoms with E-state index in [1.807, 2.05) is 6.08 Å². The molecule has 1 unspecified atom stereocenters. The van der Waals surface area contributed by atoms with Gasteiger partial charge in [-0.15, -0.1) is 6.58 Å². The summed E-state index contributed by atoms with van der Waals surface area (Å²) in [6.07, 6.45) is 5.20. The van der Waals surface area contributed by atoms with Crippen LogP contribution in [0.4, 0.5) is 0 Å². The minimum absolute atomic E-state index is 0.0664. The van der Waals surface area contributed by atoms with Gasteiger partial charge in [-0.25, -0.2) is 0 Å². The third-order valence-corrected chi connectivity index (χ3v) is 2.53. The zero-order valence-corrected chi connectivity index (χ0v) is 8.25. The van der Waals surface area contributed by atoms with E-state index in [0.717, 1.165) is 25.9 Å². The van der Waals surface area contributed by atoms with Gasteiger partial charge in [0.1, 0.15) is 0 Å². The Balaban J connectivity index is 2.55. The van der Waals surface area contributed by atoms with Gasteiger partial charge in [-0.2, -0.15) is 0 Å². The van der Waals surface area contributed by atoms with Crippen LogP contribution >= 0.6 is 0 Å². The van der Waals surface area contributed by atoms with Gasteiger partial charge in [0.25, 0.3) is 0 Å². The van der Waals surface area contributed by atoms with Crippen LogP contribution in [0.15, 0.2) is 12.7 Å². The summed E-state index contributed by atoms with van der Waals surface area (Å²) >= 11 is 0. The highest BCUT2D eigenvalue weighted by Crippen LogP contribution is 2.16. The van der Waals surface area contributed by atoms with E-state index in [9.17, 15) is 4.79 Å². The Morgan fingerprint density at radius 3 is 3.08 bits per heavy atom. The number of nitrogens with zero attached hydrogens (tertiary/aromatic N) is 1. The van der Waals surface area contributed by atoms with E-state index in [-0.39, 0.29) is 11.9 Å². The lowest BCUT2D eigenvalue weighted by molar-refractivity contribution is -0.126. The van der Waals surface area contributed by atoms with Crippen LogP contribution in [0.25, 0.3) is 0 Å². The zero-order valence-electron chi connectivity index (χ0n) is 8.25. The number of hydrogen-bond donors (Lipinski definition) is 1. The topological polar surface area (TPSA) is 32.3 Å². The first-order valence-corrected chi connectivity index (χ1v) is 4.86. The third kappa shape index (κ3) is 2.56. The average Bonchev–Trinajstić information content (AvgIpc) is 2.18. The quantitative estimate of drug-likeness (QED) is 0.654. The van der Waals surface area contributed by atoms with Gasteiger partial charge in [-0.3, -0.25) is 9.69 Å². The monoisotopic (exact) mass is 182 g/mol. The van der Waals surface area contributed by atoms with Crippen LogP contribution in [-0.2, 0) is 4.79 Å². The van der Waals surface area contributed by atoms with E-state index in [1.165, 1.54) is 6.42 Å². The summed E-state index contributed by atoms with van der Waals surface area (Å²) in [5, 5.41) is 2.71. The Kier molecular flexibility index (Phi) is 3.96. The number of hydrogen-bond acceptors (Lipinski definition) is 2. The molecule has 13 heavy (non-hydrogen) atoms. The number of likely N-dealkylation sites (tertiary alicyclic amines) is 1. The second-order valence-corrected chi connectivity index (χ2v) is 3.41. The standard InChI is InChI=1S/C10H18N2O/c1-3-7-12-8-5-4-6-9(12)10(13)11-2/h3,9H,1,4-8H2,2H3,(H,11,13). The molecular weight excluding hydrogens is 164 g/mol. The number of amides is 1. The van der Waals surface area contributed by atoms with Crippen LogP contribution in [0.2, 0.25) is 0 Å². The highest BCUT2D eigenvalue weighted by molar-refractivity contribution is 5.81. The molecule has 0 spiro atoms. The number of carbonyl (C=O) groups excluding carboxylic acids is 1. The molecule has 0 aromatic carbocycles. The van der Waals surface area contributed by atoms with Crippen molar-refractivity contribution in [2.75, 3.05) is 20.1 Å². The molecule has 1 fully saturated rings. The fourth-order valence-electron chi connectivity index (χ4n) is 1.84. The maximum Gasteiger partial charge on any atom is 0.237 e. The van der Waals surface area contributed by atoms with Crippen LogP contribution in [0.1, 0.15) is 19.3 Å². The Hall–Kier alpha value is -0.830. The normalized spacial score (nSPS) is 23.9. The van der Waals surface area contributed by atoms with Crippen molar-refractivity contribution in [2.45, 2.75) is 25.3 Å². The molecule has 0 radical (unpaired) electrons. The van der Waals surface area contributed by atoms with E-state index in [0.29, 0.717) is 0 Å². The van der Waals surface area contributed by atoms with Gasteiger partial charge in [-0.05, 0) is 19.4 Å². The number of likely N-dealkylation sites (N-methyl/N-ethyl adjacent to an activating group) is 1. The van der Waals surface area contributed by atoms with Crippen molar-refractivity contribution < 1.29 is 4.79 Å². The number of nitrogens with one attached hydrogen (secondary N) is 1. The summed E-state index contributed by atoms with van der Waals surface area (Å²) < 4.78 is 0. The predicted octanol–water partition coefficient (Wildman–Crippen LogP) is 0.773. The van der Waals surface area contributed by atoms with Crippen molar-refractivity contribution in [3.63, 3.8) is 0 Å². The molecule has 1 amide bonds. The lowest BCUT2D eigenvalue weighted by atomic mass is 10.0. The van der Waals surface area contributed by atoms with Gasteiger partial charge in [0.15, 0.2) is 0 Å². The van der Waals surface area contributed by atoms with Crippen LogP contribution in [0.3, 0.4) is 0 Å². The van der Waals surface area contributed by atoms with E-state index < -0.39 is 0 Å². The Labute approximate surface area is 79.8 Å². The first-order chi connectivity index (χ1) is 6.29. The van der Waals surface area contributed by atoms with Crippen molar-refractivity contribution in [1.82, 2.24) is 10.2 Å². The van der Waals surface area contributed by atoms with Crippen LogP contribution in [0, 0.1) is 0 Å². The van der Waals surface area contributed by atoms with Gasteiger partial charge in [0, 0.05) is 13.6 Å². The average molecular weight is 182 g/mol. The van der Waals surface area contributed by atoms with Crippen LogP contribution < -0.4 is 5.32 Å². The Bertz CT molecular complexity index is 191. The second-order valence-electron chi connectivity index (χ2n) is 3.41. The fourth-order valence-corrected chi connectivity index (χ4v) is 1.84. The molecule has 0 aromatic rings. The highest BCUT2D eigenvalue weighted by atomic mass is 16.2. The minimum Gasteiger partial charge on any atom is -0.358 e. The largest absolute Gasteiger partial charge is 0.358 e. The minimum atomic E-state index is 0.0664. The van der Waals surface area contributed by atoms with E-state index >= 15 is 0 Å². The zero-order chi connectivity index (χ0) is 9.68. The van der Waals surface area contributed by atoms with Gasteiger partial charge in [0.05, 0.1) is 6.04 Å². The van der Waals surface area contributed by atoms with Gasteiger partial charge < -0.3 is 5.32 Å². The smallest absolute Gasteiger partial charge is 0.237 e. The summed E-state index contributed by atoms with van der Waals surface area (Å²) in [5.41, 5.74) is 0. The molecule has 0 bridgehead atoms. The molecule has 0 saturated carbocycles. The summed E-state index contributed by atoms with van der Waals surface area (Å²) in [5.74, 6) is 0.140. The fraction of sp³-hybridized carbons (Fsp3) is 0.700. The van der Waals surface area contributed by atoms with Crippen molar-refractivity contribution in [3.05, 3.63) is 12.7 Å². The molecule has 1 N–H and O–H groups in total. The first-order valence-electron chi connectivity index (χ1n) is 4.86. The molecule has 3 nitrogen and oxygen atoms in total. The van der Waals surface area contributed by atoms with Gasteiger partial charge >= 0.3 is 0 Å². The Morgan fingerprint density at radius 1 is 1.69 bits per heavy atom. The maximum atomic E-state index is 11.5. The summed E-state index contributed by atoms with van der Waals surface area (Å²) in [7, 11) is 1.70. The molecule has 1 rings (SSSR count). The molecule has 0 aromatic heterocycles. The molecule has 74 valence electrons. The molecule has 1 aliphatic rings. The van der Waals surface area contributed by atoms with E-state index in [2.05, 4.69) is 16.8 Å². The van der Waals surface area contributed by atoms with Crippen LogP contribution in [0.5, 0.6) is 0 Å². The maximum absolute atomic E-state index is 11.5. The van der Waals surface area contributed by atoms with E-state index in [1.54, 1.807) is 7.05 Å². The third-order valence-electron chi connectivity index (χ3n) is 2.53. The lowest BCUT2D eigenvalue weighted by Gasteiger charge is -2.33.